The average molecular weight is 420 g/mol. The molecule has 0 aliphatic carbocycles. The molecule has 1 aliphatic rings. The molecule has 1 saturated heterocycles. The van der Waals surface area contributed by atoms with Gasteiger partial charge in [-0.2, -0.15) is 13.2 Å². The maximum absolute atomic E-state index is 13.3. The fraction of sp³-hybridized carbons (Fsp3) is 0.435. The van der Waals surface area contributed by atoms with Gasteiger partial charge < -0.3 is 15.0 Å². The third-order valence-corrected chi connectivity index (χ3v) is 5.58. The van der Waals surface area contributed by atoms with Crippen molar-refractivity contribution in [3.63, 3.8) is 0 Å². The van der Waals surface area contributed by atoms with E-state index in [0.29, 0.717) is 37.3 Å². The van der Waals surface area contributed by atoms with Crippen LogP contribution in [-0.4, -0.2) is 44.7 Å². The molecule has 1 heterocycles. The highest BCUT2D eigenvalue weighted by Gasteiger charge is 2.43. The van der Waals surface area contributed by atoms with Crippen LogP contribution in [-0.2, 0) is 27.5 Å². The van der Waals surface area contributed by atoms with Crippen LogP contribution in [0.25, 0.3) is 0 Å². The van der Waals surface area contributed by atoms with Crippen molar-refractivity contribution in [1.29, 1.82) is 0 Å². The summed E-state index contributed by atoms with van der Waals surface area (Å²) in [6.07, 6.45) is -2.89. The number of likely N-dealkylation sites (N-methyl/N-ethyl adjacent to an activating group) is 1. The maximum Gasteiger partial charge on any atom is 0.416 e. The number of anilines is 1. The first kappa shape index (κ1) is 22.3. The number of carbonyl (C=O) groups is 1. The molecule has 0 bridgehead atoms. The molecule has 3 rings (SSSR count). The van der Waals surface area contributed by atoms with Crippen LogP contribution in [0.4, 0.5) is 18.9 Å². The van der Waals surface area contributed by atoms with Crippen molar-refractivity contribution in [2.24, 2.45) is 0 Å². The number of hydrogen-bond acceptors (Lipinski definition) is 3. The Hall–Kier alpha value is -2.38. The van der Waals surface area contributed by atoms with Crippen molar-refractivity contribution in [3.05, 3.63) is 65.2 Å². The van der Waals surface area contributed by atoms with Gasteiger partial charge in [-0.15, -0.1) is 0 Å². The molecule has 1 N–H and O–H groups in total. The summed E-state index contributed by atoms with van der Waals surface area (Å²) in [5, 5.41) is 2.92. The molecule has 4 nitrogen and oxygen atoms in total. The van der Waals surface area contributed by atoms with Crippen molar-refractivity contribution in [3.8, 4) is 0 Å². The first-order chi connectivity index (χ1) is 14.2. The lowest BCUT2D eigenvalue weighted by Gasteiger charge is -2.36. The smallest absolute Gasteiger partial charge is 0.381 e. The SMILES string of the molecule is CN(C)CCc1ccc(NC(=O)C2(c3cccc(C(F)(F)F)c3)CCOCC2)cc1. The molecule has 30 heavy (non-hydrogen) atoms. The van der Waals surface area contributed by atoms with E-state index in [1.54, 1.807) is 6.07 Å². The Morgan fingerprint density at radius 1 is 1.10 bits per heavy atom. The van der Waals surface area contributed by atoms with E-state index in [4.69, 9.17) is 4.74 Å². The summed E-state index contributed by atoms with van der Waals surface area (Å²) < 4.78 is 45.1. The molecular formula is C23H27F3N2O2. The van der Waals surface area contributed by atoms with Crippen LogP contribution in [0.15, 0.2) is 48.5 Å². The van der Waals surface area contributed by atoms with Gasteiger partial charge in [-0.1, -0.05) is 30.3 Å². The molecular weight excluding hydrogens is 393 g/mol. The molecule has 0 radical (unpaired) electrons. The van der Waals surface area contributed by atoms with E-state index in [9.17, 15) is 18.0 Å². The van der Waals surface area contributed by atoms with Crippen LogP contribution in [0.5, 0.6) is 0 Å². The average Bonchev–Trinajstić information content (AvgIpc) is 2.73. The number of alkyl halides is 3. The summed E-state index contributed by atoms with van der Waals surface area (Å²) in [6, 6.07) is 12.7. The standard InChI is InChI=1S/C23H27F3N2O2/c1-28(2)13-10-17-6-8-20(9-7-17)27-21(29)22(11-14-30-15-12-22)18-4-3-5-19(16-18)23(24,25)26/h3-9,16H,10-15H2,1-2H3,(H,27,29). The van der Waals surface area contributed by atoms with Gasteiger partial charge in [-0.3, -0.25) is 4.79 Å². The number of ether oxygens (including phenoxy) is 1. The topological polar surface area (TPSA) is 41.6 Å². The van der Waals surface area contributed by atoms with Gasteiger partial charge in [-0.05, 0) is 62.7 Å². The number of benzene rings is 2. The summed E-state index contributed by atoms with van der Waals surface area (Å²) in [5.74, 6) is -0.300. The highest BCUT2D eigenvalue weighted by molar-refractivity contribution is 5.99. The van der Waals surface area contributed by atoms with Crippen molar-refractivity contribution in [2.45, 2.75) is 30.9 Å². The second-order valence-corrected chi connectivity index (χ2v) is 7.98. The van der Waals surface area contributed by atoms with E-state index in [0.717, 1.165) is 30.7 Å². The van der Waals surface area contributed by atoms with Gasteiger partial charge in [0, 0.05) is 25.4 Å². The molecule has 0 saturated carbocycles. The Morgan fingerprint density at radius 3 is 2.37 bits per heavy atom. The Labute approximate surface area is 175 Å². The summed E-state index contributed by atoms with van der Waals surface area (Å²) in [7, 11) is 4.02. The summed E-state index contributed by atoms with van der Waals surface area (Å²) >= 11 is 0. The normalized spacial score (nSPS) is 16.5. The summed E-state index contributed by atoms with van der Waals surface area (Å²) in [4.78, 5) is 15.4. The van der Waals surface area contributed by atoms with Gasteiger partial charge in [0.15, 0.2) is 0 Å². The summed E-state index contributed by atoms with van der Waals surface area (Å²) in [5.41, 5.74) is 0.361. The first-order valence-electron chi connectivity index (χ1n) is 10.0. The van der Waals surface area contributed by atoms with E-state index >= 15 is 0 Å². The first-order valence-corrected chi connectivity index (χ1v) is 10.0. The number of nitrogens with zero attached hydrogens (tertiary/aromatic N) is 1. The van der Waals surface area contributed by atoms with Crippen LogP contribution >= 0.6 is 0 Å². The summed E-state index contributed by atoms with van der Waals surface area (Å²) in [6.45, 7) is 1.57. The second kappa shape index (κ2) is 9.18. The minimum atomic E-state index is -4.46. The van der Waals surface area contributed by atoms with Crippen LogP contribution < -0.4 is 5.32 Å². The lowest BCUT2D eigenvalue weighted by Crippen LogP contribution is -2.45. The van der Waals surface area contributed by atoms with E-state index in [1.165, 1.54) is 6.07 Å². The molecule has 1 amide bonds. The number of halogens is 3. The highest BCUT2D eigenvalue weighted by atomic mass is 19.4. The van der Waals surface area contributed by atoms with Crippen molar-refractivity contribution in [1.82, 2.24) is 4.90 Å². The lowest BCUT2D eigenvalue weighted by atomic mass is 9.73. The van der Waals surface area contributed by atoms with Crippen LogP contribution in [0.2, 0.25) is 0 Å². The molecule has 0 atom stereocenters. The van der Waals surface area contributed by atoms with Crippen LogP contribution in [0.3, 0.4) is 0 Å². The van der Waals surface area contributed by atoms with Crippen molar-refractivity contribution < 1.29 is 22.7 Å². The minimum absolute atomic E-state index is 0.300. The quantitative estimate of drug-likeness (QED) is 0.748. The molecule has 162 valence electrons. The Bertz CT molecular complexity index is 857. The third-order valence-electron chi connectivity index (χ3n) is 5.58. The zero-order valence-electron chi connectivity index (χ0n) is 17.3. The van der Waals surface area contributed by atoms with Gasteiger partial charge in [0.05, 0.1) is 11.0 Å². The highest BCUT2D eigenvalue weighted by Crippen LogP contribution is 2.39. The predicted octanol–water partition coefficient (Wildman–Crippen LogP) is 4.50. The molecule has 2 aromatic carbocycles. The van der Waals surface area contributed by atoms with Crippen molar-refractivity contribution in [2.75, 3.05) is 39.2 Å². The molecule has 0 spiro atoms. The molecule has 0 unspecified atom stereocenters. The molecule has 7 heteroatoms. The van der Waals surface area contributed by atoms with E-state index in [1.807, 2.05) is 38.4 Å². The van der Waals surface area contributed by atoms with Crippen molar-refractivity contribution >= 4 is 11.6 Å². The van der Waals surface area contributed by atoms with Gasteiger partial charge in [0.25, 0.3) is 0 Å². The number of hydrogen-bond donors (Lipinski definition) is 1. The van der Waals surface area contributed by atoms with Gasteiger partial charge in [0.1, 0.15) is 0 Å². The Morgan fingerprint density at radius 2 is 1.77 bits per heavy atom. The molecule has 1 aliphatic heterocycles. The monoisotopic (exact) mass is 420 g/mol. The van der Waals surface area contributed by atoms with Crippen LogP contribution in [0.1, 0.15) is 29.5 Å². The third kappa shape index (κ3) is 5.21. The fourth-order valence-corrected chi connectivity index (χ4v) is 3.72. The Kier molecular flexibility index (Phi) is 6.83. The largest absolute Gasteiger partial charge is 0.416 e. The lowest BCUT2D eigenvalue weighted by molar-refractivity contribution is -0.138. The predicted molar refractivity (Wildman–Crippen MR) is 111 cm³/mol. The number of carbonyl (C=O) groups excluding carboxylic acids is 1. The van der Waals surface area contributed by atoms with Gasteiger partial charge in [0.2, 0.25) is 5.91 Å². The van der Waals surface area contributed by atoms with Gasteiger partial charge >= 0.3 is 6.18 Å². The maximum atomic E-state index is 13.3. The van der Waals surface area contributed by atoms with E-state index in [-0.39, 0.29) is 5.91 Å². The molecule has 1 fully saturated rings. The second-order valence-electron chi connectivity index (χ2n) is 7.98. The minimum Gasteiger partial charge on any atom is -0.381 e. The van der Waals surface area contributed by atoms with E-state index in [2.05, 4.69) is 10.2 Å². The molecule has 2 aromatic rings. The Balaban J connectivity index is 1.83. The number of rotatable bonds is 6. The van der Waals surface area contributed by atoms with Gasteiger partial charge in [-0.25, -0.2) is 0 Å². The molecule has 0 aromatic heterocycles. The zero-order chi connectivity index (χ0) is 21.8. The zero-order valence-corrected chi connectivity index (χ0v) is 17.3. The van der Waals surface area contributed by atoms with E-state index < -0.39 is 17.2 Å². The number of nitrogens with one attached hydrogen (secondary N) is 1. The van der Waals surface area contributed by atoms with Crippen LogP contribution in [0, 0.1) is 0 Å². The number of amides is 1. The fourth-order valence-electron chi connectivity index (χ4n) is 3.72.